The summed E-state index contributed by atoms with van der Waals surface area (Å²) in [6.45, 7) is 6.40. The first kappa shape index (κ1) is 19.4. The predicted molar refractivity (Wildman–Crippen MR) is 105 cm³/mol. The van der Waals surface area contributed by atoms with Crippen LogP contribution in [0.4, 0.5) is 0 Å². The number of nitrogens with zero attached hydrogens (tertiary/aromatic N) is 2. The van der Waals surface area contributed by atoms with Crippen molar-refractivity contribution in [2.45, 2.75) is 32.6 Å². The molecule has 0 saturated carbocycles. The van der Waals surface area contributed by atoms with Gasteiger partial charge in [-0.05, 0) is 18.9 Å². The first-order chi connectivity index (χ1) is 12.3. The maximum absolute atomic E-state index is 9.66. The molecule has 3 N–H and O–H groups in total. The maximum atomic E-state index is 9.66. The highest BCUT2D eigenvalue weighted by atomic mass is 32.1. The largest absolute Gasteiger partial charge is 0.396 e. The van der Waals surface area contributed by atoms with E-state index in [4.69, 9.17) is 0 Å². The highest BCUT2D eigenvalue weighted by Crippen LogP contribution is 2.15. The topological polar surface area (TPSA) is 69.5 Å². The minimum atomic E-state index is 0.0160. The Morgan fingerprint density at radius 1 is 1.24 bits per heavy atom. The second-order valence-electron chi connectivity index (χ2n) is 5.77. The molecule has 0 bridgehead atoms. The molecule has 0 spiro atoms. The smallest absolute Gasteiger partial charge is 0.191 e. The summed E-state index contributed by atoms with van der Waals surface area (Å²) in [4.78, 5) is 9.21. The molecule has 1 aromatic carbocycles. The van der Waals surface area contributed by atoms with Crippen molar-refractivity contribution >= 4 is 17.3 Å². The van der Waals surface area contributed by atoms with Crippen LogP contribution in [0.25, 0.3) is 0 Å². The Morgan fingerprint density at radius 3 is 2.68 bits per heavy atom. The zero-order valence-electron chi connectivity index (χ0n) is 15.0. The predicted octanol–water partition coefficient (Wildman–Crippen LogP) is 2.58. The fourth-order valence-corrected chi connectivity index (χ4v) is 3.25. The van der Waals surface area contributed by atoms with Gasteiger partial charge in [-0.25, -0.2) is 4.98 Å². The van der Waals surface area contributed by atoms with Crippen LogP contribution in [0.2, 0.25) is 0 Å². The minimum Gasteiger partial charge on any atom is -0.396 e. The number of aryl methyl sites for hydroxylation is 1. The summed E-state index contributed by atoms with van der Waals surface area (Å²) >= 11 is 1.72. The van der Waals surface area contributed by atoms with Gasteiger partial charge in [-0.3, -0.25) is 4.99 Å². The fourth-order valence-electron chi connectivity index (χ4n) is 2.47. The quantitative estimate of drug-likeness (QED) is 0.475. The zero-order valence-corrected chi connectivity index (χ0v) is 15.9. The second-order valence-corrected chi connectivity index (χ2v) is 6.72. The van der Waals surface area contributed by atoms with Crippen LogP contribution in [-0.4, -0.2) is 42.3 Å². The third-order valence-corrected chi connectivity index (χ3v) is 4.92. The molecule has 0 aliphatic heterocycles. The van der Waals surface area contributed by atoms with Crippen molar-refractivity contribution in [3.8, 4) is 0 Å². The van der Waals surface area contributed by atoms with E-state index in [2.05, 4.69) is 32.9 Å². The summed E-state index contributed by atoms with van der Waals surface area (Å²) in [5.41, 5.74) is 2.24. The normalized spacial score (nSPS) is 12.8. The Kier molecular flexibility index (Phi) is 8.42. The SMILES string of the molecule is CCNC(=NCC(CO)c1ccccc1)NCCc1csc(CC)n1. The molecule has 1 unspecified atom stereocenters. The van der Waals surface area contributed by atoms with Gasteiger partial charge in [0, 0.05) is 30.8 Å². The number of aliphatic imine (C=N–C) groups is 1. The van der Waals surface area contributed by atoms with E-state index in [-0.39, 0.29) is 12.5 Å². The third kappa shape index (κ3) is 6.48. The molecule has 0 fully saturated rings. The molecule has 2 rings (SSSR count). The van der Waals surface area contributed by atoms with Crippen molar-refractivity contribution in [2.24, 2.45) is 4.99 Å². The van der Waals surface area contributed by atoms with Crippen LogP contribution in [0.3, 0.4) is 0 Å². The number of aliphatic hydroxyl groups is 1. The van der Waals surface area contributed by atoms with Crippen LogP contribution in [0.1, 0.15) is 36.0 Å². The molecular formula is C19H28N4OS. The Labute approximate surface area is 154 Å². The van der Waals surface area contributed by atoms with Crippen molar-refractivity contribution in [1.29, 1.82) is 0 Å². The molecule has 0 aliphatic carbocycles. The van der Waals surface area contributed by atoms with Crippen molar-refractivity contribution in [3.63, 3.8) is 0 Å². The average Bonchev–Trinajstić information content (AvgIpc) is 3.11. The summed E-state index contributed by atoms with van der Waals surface area (Å²) in [6, 6.07) is 10.0. The van der Waals surface area contributed by atoms with Gasteiger partial charge in [0.05, 0.1) is 23.9 Å². The molecule has 5 nitrogen and oxygen atoms in total. The van der Waals surface area contributed by atoms with Gasteiger partial charge < -0.3 is 15.7 Å². The lowest BCUT2D eigenvalue weighted by molar-refractivity contribution is 0.268. The van der Waals surface area contributed by atoms with Crippen LogP contribution >= 0.6 is 11.3 Å². The van der Waals surface area contributed by atoms with Crippen LogP contribution < -0.4 is 10.6 Å². The number of aromatic nitrogens is 1. The maximum Gasteiger partial charge on any atom is 0.191 e. The number of hydrogen-bond donors (Lipinski definition) is 3. The molecule has 0 aliphatic rings. The molecule has 2 aromatic rings. The van der Waals surface area contributed by atoms with Gasteiger partial charge >= 0.3 is 0 Å². The number of nitrogens with one attached hydrogen (secondary N) is 2. The lowest BCUT2D eigenvalue weighted by Gasteiger charge is -2.15. The Morgan fingerprint density at radius 2 is 2.04 bits per heavy atom. The highest BCUT2D eigenvalue weighted by Gasteiger charge is 2.10. The first-order valence-corrected chi connectivity index (χ1v) is 9.76. The molecule has 6 heteroatoms. The summed E-state index contributed by atoms with van der Waals surface area (Å²) in [5.74, 6) is 0.796. The summed E-state index contributed by atoms with van der Waals surface area (Å²) in [5, 5.41) is 19.6. The Bertz CT molecular complexity index is 642. The van der Waals surface area contributed by atoms with Gasteiger partial charge in [0.15, 0.2) is 5.96 Å². The van der Waals surface area contributed by atoms with Crippen molar-refractivity contribution < 1.29 is 5.11 Å². The van der Waals surface area contributed by atoms with Crippen molar-refractivity contribution in [1.82, 2.24) is 15.6 Å². The number of thiazole rings is 1. The molecule has 136 valence electrons. The Hall–Kier alpha value is -1.92. The van der Waals surface area contributed by atoms with E-state index in [1.807, 2.05) is 37.3 Å². The molecule has 1 atom stereocenters. The van der Waals surface area contributed by atoms with E-state index in [9.17, 15) is 5.11 Å². The van der Waals surface area contributed by atoms with Gasteiger partial charge in [-0.2, -0.15) is 0 Å². The highest BCUT2D eigenvalue weighted by molar-refractivity contribution is 7.09. The molecule has 0 saturated heterocycles. The summed E-state index contributed by atoms with van der Waals surface area (Å²) < 4.78 is 0. The average molecular weight is 361 g/mol. The van der Waals surface area contributed by atoms with Crippen LogP contribution in [0.15, 0.2) is 40.7 Å². The minimum absolute atomic E-state index is 0.0160. The molecule has 1 heterocycles. The molecule has 1 aromatic heterocycles. The molecule has 25 heavy (non-hydrogen) atoms. The summed E-state index contributed by atoms with van der Waals surface area (Å²) in [6.07, 6.45) is 1.87. The van der Waals surface area contributed by atoms with E-state index in [0.717, 1.165) is 43.1 Å². The van der Waals surface area contributed by atoms with Gasteiger partial charge in [0.25, 0.3) is 0 Å². The van der Waals surface area contributed by atoms with Gasteiger partial charge in [0.2, 0.25) is 0 Å². The third-order valence-electron chi connectivity index (χ3n) is 3.88. The monoisotopic (exact) mass is 360 g/mol. The number of hydrogen-bond acceptors (Lipinski definition) is 4. The number of benzene rings is 1. The Balaban J connectivity index is 1.88. The van der Waals surface area contributed by atoms with Crippen LogP contribution in [0.5, 0.6) is 0 Å². The summed E-state index contributed by atoms with van der Waals surface area (Å²) in [7, 11) is 0. The van der Waals surface area contributed by atoms with Gasteiger partial charge in [-0.15, -0.1) is 11.3 Å². The van der Waals surface area contributed by atoms with Crippen molar-refractivity contribution in [3.05, 3.63) is 52.0 Å². The zero-order chi connectivity index (χ0) is 17.9. The van der Waals surface area contributed by atoms with E-state index in [0.29, 0.717) is 6.54 Å². The van der Waals surface area contributed by atoms with E-state index in [1.54, 1.807) is 11.3 Å². The lowest BCUT2D eigenvalue weighted by atomic mass is 10.0. The molecule has 0 amide bonds. The van der Waals surface area contributed by atoms with E-state index < -0.39 is 0 Å². The van der Waals surface area contributed by atoms with Crippen LogP contribution in [-0.2, 0) is 12.8 Å². The number of guanidine groups is 1. The van der Waals surface area contributed by atoms with Crippen LogP contribution in [0, 0.1) is 0 Å². The number of aliphatic hydroxyl groups excluding tert-OH is 1. The second kappa shape index (κ2) is 10.8. The molecular weight excluding hydrogens is 332 g/mol. The number of rotatable bonds is 9. The fraction of sp³-hybridized carbons (Fsp3) is 0.474. The van der Waals surface area contributed by atoms with E-state index in [1.165, 1.54) is 5.01 Å². The van der Waals surface area contributed by atoms with E-state index >= 15 is 0 Å². The van der Waals surface area contributed by atoms with Gasteiger partial charge in [0.1, 0.15) is 0 Å². The van der Waals surface area contributed by atoms with Gasteiger partial charge in [-0.1, -0.05) is 37.3 Å². The van der Waals surface area contributed by atoms with Crippen molar-refractivity contribution in [2.75, 3.05) is 26.2 Å². The molecule has 0 radical (unpaired) electrons. The standard InChI is InChI=1S/C19H28N4OS/c1-3-18-23-17(14-25-18)10-11-21-19(20-4-2)22-12-16(13-24)15-8-6-5-7-9-15/h5-9,14,16,24H,3-4,10-13H2,1-2H3,(H2,20,21,22). The first-order valence-electron chi connectivity index (χ1n) is 8.88. The lowest BCUT2D eigenvalue weighted by Crippen LogP contribution is -2.38.